The van der Waals surface area contributed by atoms with Crippen molar-refractivity contribution in [1.29, 1.82) is 0 Å². The number of thiophene rings is 1. The first-order valence-corrected chi connectivity index (χ1v) is 19.7. The Morgan fingerprint density at radius 2 is 0.912 bits per heavy atom. The number of rotatable bonds is 5. The Bertz CT molecular complexity index is 3470. The second kappa shape index (κ2) is 12.6. The molecule has 0 saturated carbocycles. The molecule has 0 N–H and O–H groups in total. The quantitative estimate of drug-likeness (QED) is 0.175. The Labute approximate surface area is 330 Å². The molecule has 0 radical (unpaired) electrons. The molecular weight excluding hydrogens is 719 g/mol. The van der Waals surface area contributed by atoms with Crippen LogP contribution in [0, 0.1) is 0 Å². The Balaban J connectivity index is 1.01. The first kappa shape index (κ1) is 31.9. The first-order valence-electron chi connectivity index (χ1n) is 18.9. The van der Waals surface area contributed by atoms with Gasteiger partial charge in [-0.05, 0) is 59.2 Å². The van der Waals surface area contributed by atoms with Crippen molar-refractivity contribution in [2.45, 2.75) is 0 Å². The van der Waals surface area contributed by atoms with Gasteiger partial charge in [0, 0.05) is 64.0 Å². The average Bonchev–Trinajstić information content (AvgIpc) is 3.98. The highest BCUT2D eigenvalue weighted by Crippen LogP contribution is 2.46. The molecule has 57 heavy (non-hydrogen) atoms. The second-order valence-electron chi connectivity index (χ2n) is 14.3. The SMILES string of the molecule is c1ccc(-c2nc(-c3ccccc3)nc(-c3ccc4c(c3)sc3ccc(-c5ccc(-c6cccc7oc8ccccc8c67)c6c5oc5ccccc56)cc34)n2)cc1. The van der Waals surface area contributed by atoms with E-state index < -0.39 is 0 Å². The summed E-state index contributed by atoms with van der Waals surface area (Å²) in [5.41, 5.74) is 10.8. The van der Waals surface area contributed by atoms with E-state index in [2.05, 4.69) is 97.1 Å². The van der Waals surface area contributed by atoms with Gasteiger partial charge in [0.2, 0.25) is 0 Å². The van der Waals surface area contributed by atoms with Crippen molar-refractivity contribution in [2.24, 2.45) is 0 Å². The largest absolute Gasteiger partial charge is 0.456 e. The molecule has 266 valence electrons. The summed E-state index contributed by atoms with van der Waals surface area (Å²) in [6.45, 7) is 0. The van der Waals surface area contributed by atoms with E-state index in [-0.39, 0.29) is 0 Å². The normalized spacial score (nSPS) is 11.9. The average molecular weight is 748 g/mol. The van der Waals surface area contributed by atoms with Crippen LogP contribution in [-0.2, 0) is 0 Å². The molecular formula is C51H29N3O2S. The Morgan fingerprint density at radius 1 is 0.333 bits per heavy atom. The molecule has 4 aromatic heterocycles. The van der Waals surface area contributed by atoms with Crippen LogP contribution >= 0.6 is 11.3 Å². The summed E-state index contributed by atoms with van der Waals surface area (Å²) < 4.78 is 15.5. The lowest BCUT2D eigenvalue weighted by molar-refractivity contribution is 0.668. The lowest BCUT2D eigenvalue weighted by Crippen LogP contribution is -1.99. The monoisotopic (exact) mass is 747 g/mol. The predicted molar refractivity (Wildman–Crippen MR) is 234 cm³/mol. The molecule has 12 rings (SSSR count). The van der Waals surface area contributed by atoms with Gasteiger partial charge in [-0.15, -0.1) is 11.3 Å². The highest BCUT2D eigenvalue weighted by Gasteiger charge is 2.21. The molecule has 4 heterocycles. The number of aromatic nitrogens is 3. The number of para-hydroxylation sites is 2. The summed E-state index contributed by atoms with van der Waals surface area (Å²) in [7, 11) is 0. The Morgan fingerprint density at radius 3 is 1.65 bits per heavy atom. The van der Waals surface area contributed by atoms with Crippen LogP contribution in [0.3, 0.4) is 0 Å². The summed E-state index contributed by atoms with van der Waals surface area (Å²) in [6.07, 6.45) is 0. The Hall–Kier alpha value is -7.41. The summed E-state index contributed by atoms with van der Waals surface area (Å²) in [6, 6.07) is 60.9. The zero-order valence-corrected chi connectivity index (χ0v) is 31.1. The maximum absolute atomic E-state index is 6.77. The van der Waals surface area contributed by atoms with Crippen LogP contribution in [0.5, 0.6) is 0 Å². The third-order valence-corrected chi connectivity index (χ3v) is 12.1. The molecule has 5 nitrogen and oxygen atoms in total. The molecule has 0 saturated heterocycles. The molecule has 0 bridgehead atoms. The van der Waals surface area contributed by atoms with E-state index in [1.807, 2.05) is 78.9 Å². The van der Waals surface area contributed by atoms with Crippen molar-refractivity contribution in [2.75, 3.05) is 0 Å². The summed E-state index contributed by atoms with van der Waals surface area (Å²) in [5.74, 6) is 1.95. The molecule has 0 aliphatic rings. The van der Waals surface area contributed by atoms with Gasteiger partial charge >= 0.3 is 0 Å². The van der Waals surface area contributed by atoms with Gasteiger partial charge in [0.25, 0.3) is 0 Å². The fourth-order valence-electron chi connectivity index (χ4n) is 8.30. The third-order valence-electron chi connectivity index (χ3n) is 11.0. The van der Waals surface area contributed by atoms with Crippen LogP contribution in [0.2, 0.25) is 0 Å². The van der Waals surface area contributed by atoms with E-state index in [1.54, 1.807) is 11.3 Å². The van der Waals surface area contributed by atoms with Crippen LogP contribution in [0.1, 0.15) is 0 Å². The van der Waals surface area contributed by atoms with E-state index in [0.29, 0.717) is 17.5 Å². The second-order valence-corrected chi connectivity index (χ2v) is 15.4. The number of nitrogens with zero attached hydrogens (tertiary/aromatic N) is 3. The van der Waals surface area contributed by atoms with E-state index in [1.165, 1.54) is 20.2 Å². The van der Waals surface area contributed by atoms with Gasteiger partial charge in [-0.2, -0.15) is 0 Å². The highest BCUT2D eigenvalue weighted by molar-refractivity contribution is 7.25. The molecule has 0 unspecified atom stereocenters. The van der Waals surface area contributed by atoms with Gasteiger partial charge in [0.1, 0.15) is 22.3 Å². The number of hydrogen-bond donors (Lipinski definition) is 0. The summed E-state index contributed by atoms with van der Waals surface area (Å²) in [5, 5.41) is 6.80. The summed E-state index contributed by atoms with van der Waals surface area (Å²) in [4.78, 5) is 14.9. The number of furan rings is 2. The van der Waals surface area contributed by atoms with Crippen molar-refractivity contribution in [3.05, 3.63) is 176 Å². The highest BCUT2D eigenvalue weighted by atomic mass is 32.1. The zero-order chi connectivity index (χ0) is 37.5. The van der Waals surface area contributed by atoms with Crippen LogP contribution in [-0.4, -0.2) is 15.0 Å². The van der Waals surface area contributed by atoms with Crippen molar-refractivity contribution >= 4 is 75.4 Å². The van der Waals surface area contributed by atoms with Crippen LogP contribution in [0.25, 0.3) is 120 Å². The maximum atomic E-state index is 6.77. The zero-order valence-electron chi connectivity index (χ0n) is 30.3. The molecule has 0 spiro atoms. The van der Waals surface area contributed by atoms with Crippen LogP contribution in [0.15, 0.2) is 185 Å². The van der Waals surface area contributed by atoms with Crippen LogP contribution < -0.4 is 0 Å². The molecule has 8 aromatic carbocycles. The Kier molecular flexibility index (Phi) is 7.03. The van der Waals surface area contributed by atoms with Gasteiger partial charge in [-0.3, -0.25) is 0 Å². The lowest BCUT2D eigenvalue weighted by atomic mass is 9.92. The molecule has 0 aliphatic heterocycles. The van der Waals surface area contributed by atoms with E-state index >= 15 is 0 Å². The van der Waals surface area contributed by atoms with Crippen molar-refractivity contribution < 1.29 is 8.83 Å². The number of hydrogen-bond acceptors (Lipinski definition) is 6. The molecule has 12 aromatic rings. The fraction of sp³-hybridized carbons (Fsp3) is 0. The fourth-order valence-corrected chi connectivity index (χ4v) is 9.43. The van der Waals surface area contributed by atoms with Gasteiger partial charge < -0.3 is 8.83 Å². The molecule has 0 fully saturated rings. The minimum absolute atomic E-state index is 0.647. The summed E-state index contributed by atoms with van der Waals surface area (Å²) >= 11 is 1.78. The molecule has 0 atom stereocenters. The third kappa shape index (κ3) is 5.12. The minimum atomic E-state index is 0.647. The van der Waals surface area contributed by atoms with Gasteiger partial charge in [0.05, 0.1) is 0 Å². The van der Waals surface area contributed by atoms with Gasteiger partial charge in [-0.25, -0.2) is 15.0 Å². The number of fused-ring (bicyclic) bond motifs is 9. The van der Waals surface area contributed by atoms with Crippen LogP contribution in [0.4, 0.5) is 0 Å². The van der Waals surface area contributed by atoms with Crippen molar-refractivity contribution in [3.63, 3.8) is 0 Å². The smallest absolute Gasteiger partial charge is 0.164 e. The van der Waals surface area contributed by atoms with Gasteiger partial charge in [-0.1, -0.05) is 133 Å². The van der Waals surface area contributed by atoms with Gasteiger partial charge in [0.15, 0.2) is 17.5 Å². The van der Waals surface area contributed by atoms with Crippen molar-refractivity contribution in [1.82, 2.24) is 15.0 Å². The van der Waals surface area contributed by atoms with E-state index in [9.17, 15) is 0 Å². The topological polar surface area (TPSA) is 65.0 Å². The maximum Gasteiger partial charge on any atom is 0.164 e. The standard InChI is InChI=1S/C51H29N3O2S/c1-3-12-30(13-4-1)49-52-50(31-14-5-2-6-15-31)54-51(53-49)33-22-24-35-40-28-32(23-27-44(40)57-45(35)29-33)34-25-26-37(47-39-17-8-10-20-42(39)56-48(34)47)36-18-11-21-43-46(36)38-16-7-9-19-41(38)55-43/h1-29H. The number of benzene rings is 8. The molecule has 6 heteroatoms. The molecule has 0 amide bonds. The first-order chi connectivity index (χ1) is 28.2. The molecule has 0 aliphatic carbocycles. The minimum Gasteiger partial charge on any atom is -0.456 e. The van der Waals surface area contributed by atoms with E-state index in [0.717, 1.165) is 82.8 Å². The van der Waals surface area contributed by atoms with Crippen molar-refractivity contribution in [3.8, 4) is 56.4 Å². The lowest BCUT2D eigenvalue weighted by Gasteiger charge is -2.10. The van der Waals surface area contributed by atoms with E-state index in [4.69, 9.17) is 23.8 Å². The predicted octanol–water partition coefficient (Wildman–Crippen LogP) is 14.4.